The summed E-state index contributed by atoms with van der Waals surface area (Å²) in [7, 11) is 0. The lowest BCUT2D eigenvalue weighted by Gasteiger charge is -2.06. The maximum Gasteiger partial charge on any atom is 0.349 e. The number of nitrogens with one attached hydrogen (secondary N) is 1. The zero-order valence-corrected chi connectivity index (χ0v) is 9.55. The Hall–Kier alpha value is -2.18. The molecule has 0 amide bonds. The van der Waals surface area contributed by atoms with Crippen LogP contribution in [0.2, 0.25) is 0 Å². The molecule has 1 aromatic heterocycles. The van der Waals surface area contributed by atoms with Crippen LogP contribution >= 0.6 is 0 Å². The van der Waals surface area contributed by atoms with E-state index >= 15 is 0 Å². The maximum absolute atomic E-state index is 10.7. The van der Waals surface area contributed by atoms with E-state index in [0.29, 0.717) is 25.5 Å². The van der Waals surface area contributed by atoms with E-state index in [1.165, 1.54) is 0 Å². The van der Waals surface area contributed by atoms with E-state index in [-0.39, 0.29) is 11.6 Å². The predicted octanol–water partition coefficient (Wildman–Crippen LogP) is 1.77. The van der Waals surface area contributed by atoms with Gasteiger partial charge >= 0.3 is 5.69 Å². The second-order valence-corrected chi connectivity index (χ2v) is 3.10. The molecule has 7 heteroatoms. The van der Waals surface area contributed by atoms with E-state index in [1.54, 1.807) is 6.08 Å². The fourth-order valence-electron chi connectivity index (χ4n) is 1.07. The summed E-state index contributed by atoms with van der Waals surface area (Å²) < 4.78 is 5.22. The van der Waals surface area contributed by atoms with Crippen LogP contribution in [0.25, 0.3) is 0 Å². The zero-order valence-electron chi connectivity index (χ0n) is 9.55. The number of ether oxygens (including phenoxy) is 1. The third-order valence-corrected chi connectivity index (χ3v) is 1.83. The van der Waals surface area contributed by atoms with Crippen molar-refractivity contribution in [1.82, 2.24) is 9.97 Å². The molecule has 1 aromatic rings. The van der Waals surface area contributed by atoms with E-state index in [1.807, 2.05) is 6.92 Å². The lowest BCUT2D eigenvalue weighted by Crippen LogP contribution is -2.07. The van der Waals surface area contributed by atoms with Gasteiger partial charge in [0.1, 0.15) is 6.20 Å². The van der Waals surface area contributed by atoms with Gasteiger partial charge in [-0.15, -0.1) is 6.58 Å². The second kappa shape index (κ2) is 6.41. The summed E-state index contributed by atoms with van der Waals surface area (Å²) in [6.45, 7) is 6.34. The van der Waals surface area contributed by atoms with Crippen molar-refractivity contribution in [2.75, 3.05) is 18.5 Å². The SMILES string of the molecule is C=CCCOc1nc(NCC)ncc1[N+](=O)[O-]. The molecular formula is C10H14N4O3. The average Bonchev–Trinajstić information content (AvgIpc) is 2.30. The van der Waals surface area contributed by atoms with E-state index in [4.69, 9.17) is 4.74 Å². The fourth-order valence-corrected chi connectivity index (χ4v) is 1.07. The van der Waals surface area contributed by atoms with Gasteiger partial charge in [-0.25, -0.2) is 4.98 Å². The minimum atomic E-state index is -0.570. The molecule has 0 aliphatic heterocycles. The van der Waals surface area contributed by atoms with Crippen LogP contribution in [-0.4, -0.2) is 28.0 Å². The minimum Gasteiger partial charge on any atom is -0.472 e. The van der Waals surface area contributed by atoms with Gasteiger partial charge in [0.05, 0.1) is 11.5 Å². The van der Waals surface area contributed by atoms with E-state index < -0.39 is 4.92 Å². The van der Waals surface area contributed by atoms with E-state index in [0.717, 1.165) is 6.20 Å². The highest BCUT2D eigenvalue weighted by Gasteiger charge is 2.18. The molecule has 0 aliphatic carbocycles. The van der Waals surface area contributed by atoms with Gasteiger partial charge in [0.2, 0.25) is 5.95 Å². The van der Waals surface area contributed by atoms with E-state index in [9.17, 15) is 10.1 Å². The van der Waals surface area contributed by atoms with Crippen molar-refractivity contribution in [3.05, 3.63) is 29.0 Å². The summed E-state index contributed by atoms with van der Waals surface area (Å²) in [5.41, 5.74) is -0.240. The van der Waals surface area contributed by atoms with Gasteiger partial charge in [-0.2, -0.15) is 4.98 Å². The van der Waals surface area contributed by atoms with Crippen LogP contribution in [-0.2, 0) is 0 Å². The molecule has 1 heterocycles. The number of rotatable bonds is 7. The molecule has 0 radical (unpaired) electrons. The molecule has 0 saturated carbocycles. The Labute approximate surface area is 98.7 Å². The molecule has 0 unspecified atom stereocenters. The Kier molecular flexibility index (Phi) is 4.86. The largest absolute Gasteiger partial charge is 0.472 e. The van der Waals surface area contributed by atoms with Crippen molar-refractivity contribution >= 4 is 11.6 Å². The normalized spacial score (nSPS) is 9.71. The fraction of sp³-hybridized carbons (Fsp3) is 0.400. The number of anilines is 1. The van der Waals surface area contributed by atoms with Crippen LogP contribution in [0.3, 0.4) is 0 Å². The first-order chi connectivity index (χ1) is 8.19. The monoisotopic (exact) mass is 238 g/mol. The van der Waals surface area contributed by atoms with Gasteiger partial charge < -0.3 is 10.1 Å². The van der Waals surface area contributed by atoms with Gasteiger partial charge in [-0.3, -0.25) is 10.1 Å². The topological polar surface area (TPSA) is 90.2 Å². The molecule has 7 nitrogen and oxygen atoms in total. The number of nitro groups is 1. The number of aromatic nitrogens is 2. The second-order valence-electron chi connectivity index (χ2n) is 3.10. The molecule has 0 bridgehead atoms. The summed E-state index contributed by atoms with van der Waals surface area (Å²) in [4.78, 5) is 17.9. The van der Waals surface area contributed by atoms with Crippen molar-refractivity contribution in [1.29, 1.82) is 0 Å². The zero-order chi connectivity index (χ0) is 12.7. The molecule has 1 rings (SSSR count). The van der Waals surface area contributed by atoms with Gasteiger partial charge in [0.25, 0.3) is 5.88 Å². The molecule has 0 fully saturated rings. The third kappa shape index (κ3) is 3.71. The molecule has 0 spiro atoms. The molecule has 0 saturated heterocycles. The molecular weight excluding hydrogens is 224 g/mol. The van der Waals surface area contributed by atoms with Gasteiger partial charge in [0.15, 0.2) is 0 Å². The smallest absolute Gasteiger partial charge is 0.349 e. The highest BCUT2D eigenvalue weighted by atomic mass is 16.6. The molecule has 92 valence electrons. The van der Waals surface area contributed by atoms with Crippen LogP contribution in [0.15, 0.2) is 18.9 Å². The van der Waals surface area contributed by atoms with Crippen molar-refractivity contribution in [3.63, 3.8) is 0 Å². The van der Waals surface area contributed by atoms with Gasteiger partial charge in [0, 0.05) is 6.54 Å². The van der Waals surface area contributed by atoms with Crippen molar-refractivity contribution < 1.29 is 9.66 Å². The first kappa shape index (κ1) is 12.9. The third-order valence-electron chi connectivity index (χ3n) is 1.83. The first-order valence-corrected chi connectivity index (χ1v) is 5.18. The summed E-state index contributed by atoms with van der Waals surface area (Å²) >= 11 is 0. The van der Waals surface area contributed by atoms with Gasteiger partial charge in [-0.05, 0) is 13.3 Å². The minimum absolute atomic E-state index is 0.0252. The number of nitrogens with zero attached hydrogens (tertiary/aromatic N) is 3. The highest BCUT2D eigenvalue weighted by molar-refractivity contribution is 5.43. The predicted molar refractivity (Wildman–Crippen MR) is 63.2 cm³/mol. The Bertz CT molecular complexity index is 409. The van der Waals surface area contributed by atoms with Crippen LogP contribution in [0.5, 0.6) is 5.88 Å². The van der Waals surface area contributed by atoms with E-state index in [2.05, 4.69) is 21.9 Å². The van der Waals surface area contributed by atoms with Crippen molar-refractivity contribution in [2.24, 2.45) is 0 Å². The number of hydrogen-bond donors (Lipinski definition) is 1. The Balaban J connectivity index is 2.89. The lowest BCUT2D eigenvalue weighted by atomic mass is 10.4. The van der Waals surface area contributed by atoms with Crippen LogP contribution < -0.4 is 10.1 Å². The van der Waals surface area contributed by atoms with Crippen molar-refractivity contribution in [2.45, 2.75) is 13.3 Å². The molecule has 1 N–H and O–H groups in total. The standard InChI is InChI=1S/C10H14N4O3/c1-3-5-6-17-9-8(14(15)16)7-12-10(13-9)11-4-2/h3,7H,1,4-6H2,2H3,(H,11,12,13). The maximum atomic E-state index is 10.7. The Morgan fingerprint density at radius 2 is 2.47 bits per heavy atom. The summed E-state index contributed by atoms with van der Waals surface area (Å²) in [5.74, 6) is 0.287. The summed E-state index contributed by atoms with van der Waals surface area (Å²) in [5, 5.41) is 13.6. The summed E-state index contributed by atoms with van der Waals surface area (Å²) in [6.07, 6.45) is 3.39. The lowest BCUT2D eigenvalue weighted by molar-refractivity contribution is -0.386. The van der Waals surface area contributed by atoms with Gasteiger partial charge in [-0.1, -0.05) is 6.08 Å². The van der Waals surface area contributed by atoms with Crippen molar-refractivity contribution in [3.8, 4) is 5.88 Å². The Morgan fingerprint density at radius 3 is 3.06 bits per heavy atom. The van der Waals surface area contributed by atoms with Crippen LogP contribution in [0.1, 0.15) is 13.3 Å². The average molecular weight is 238 g/mol. The highest BCUT2D eigenvalue weighted by Crippen LogP contribution is 2.24. The molecule has 0 atom stereocenters. The number of hydrogen-bond acceptors (Lipinski definition) is 6. The molecule has 0 aromatic carbocycles. The first-order valence-electron chi connectivity index (χ1n) is 5.18. The summed E-state index contributed by atoms with van der Waals surface area (Å²) in [6, 6.07) is 0. The Morgan fingerprint density at radius 1 is 1.71 bits per heavy atom. The molecule has 0 aliphatic rings. The van der Waals surface area contributed by atoms with Crippen LogP contribution in [0, 0.1) is 10.1 Å². The molecule has 17 heavy (non-hydrogen) atoms. The van der Waals surface area contributed by atoms with Crippen LogP contribution in [0.4, 0.5) is 11.6 Å². The quantitative estimate of drug-likeness (QED) is 0.337.